The maximum absolute atomic E-state index is 11.3. The highest BCUT2D eigenvalue weighted by molar-refractivity contribution is 5.75. The van der Waals surface area contributed by atoms with Crippen molar-refractivity contribution in [2.45, 2.75) is 25.7 Å². The van der Waals surface area contributed by atoms with Crippen LogP contribution in [0.25, 0.3) is 0 Å². The van der Waals surface area contributed by atoms with Crippen LogP contribution in [0.4, 0.5) is 0 Å². The van der Waals surface area contributed by atoms with Crippen molar-refractivity contribution in [3.63, 3.8) is 0 Å². The van der Waals surface area contributed by atoms with E-state index in [1.807, 2.05) is 26.2 Å². The van der Waals surface area contributed by atoms with E-state index in [1.54, 1.807) is 17.4 Å². The van der Waals surface area contributed by atoms with Gasteiger partial charge in [0.1, 0.15) is 0 Å². The van der Waals surface area contributed by atoms with Crippen LogP contribution in [0, 0.1) is 0 Å². The summed E-state index contributed by atoms with van der Waals surface area (Å²) in [6.45, 7) is 0. The zero-order valence-electron chi connectivity index (χ0n) is 9.94. The van der Waals surface area contributed by atoms with Crippen molar-refractivity contribution in [1.29, 1.82) is 0 Å². The Balaban J connectivity index is 2.10. The Labute approximate surface area is 96.6 Å². The molecule has 0 aliphatic heterocycles. The predicted octanol–water partition coefficient (Wildman–Crippen LogP) is 1.39. The molecular formula is C12H19N3O. The van der Waals surface area contributed by atoms with Crippen LogP contribution in [0.1, 0.15) is 24.8 Å². The summed E-state index contributed by atoms with van der Waals surface area (Å²) in [5.41, 5.74) is 4.01. The molecule has 4 nitrogen and oxygen atoms in total. The average molecular weight is 221 g/mol. The Morgan fingerprint density at radius 2 is 2.00 bits per heavy atom. The number of nitrogens with one attached hydrogen (secondary N) is 1. The van der Waals surface area contributed by atoms with Gasteiger partial charge in [0, 0.05) is 32.9 Å². The molecule has 88 valence electrons. The first-order valence-corrected chi connectivity index (χ1v) is 5.54. The zero-order chi connectivity index (χ0) is 11.8. The smallest absolute Gasteiger partial charge is 0.234 e. The monoisotopic (exact) mass is 221 g/mol. The lowest BCUT2D eigenvalue weighted by Gasteiger charge is -2.11. The van der Waals surface area contributed by atoms with Gasteiger partial charge in [-0.15, -0.1) is 0 Å². The van der Waals surface area contributed by atoms with E-state index in [0.717, 1.165) is 19.3 Å². The molecule has 16 heavy (non-hydrogen) atoms. The van der Waals surface area contributed by atoms with Gasteiger partial charge >= 0.3 is 0 Å². The van der Waals surface area contributed by atoms with Gasteiger partial charge in [-0.05, 0) is 37.0 Å². The molecule has 0 fully saturated rings. The molecule has 0 aliphatic rings. The summed E-state index contributed by atoms with van der Waals surface area (Å²) in [5, 5.41) is 1.67. The molecule has 0 radical (unpaired) electrons. The fraction of sp³-hybridized carbons (Fsp3) is 0.500. The molecule has 0 saturated carbocycles. The Morgan fingerprint density at radius 1 is 1.31 bits per heavy atom. The highest BCUT2D eigenvalue weighted by atomic mass is 16.2. The van der Waals surface area contributed by atoms with Gasteiger partial charge in [0.15, 0.2) is 0 Å². The quantitative estimate of drug-likeness (QED) is 0.583. The highest BCUT2D eigenvalue weighted by Gasteiger charge is 2.01. The molecule has 0 bridgehead atoms. The molecule has 1 heterocycles. The number of hydrazine groups is 1. The van der Waals surface area contributed by atoms with Crippen LogP contribution in [0.2, 0.25) is 0 Å². The van der Waals surface area contributed by atoms with E-state index in [2.05, 4.69) is 10.4 Å². The van der Waals surface area contributed by atoms with Crippen molar-refractivity contribution in [3.8, 4) is 0 Å². The minimum atomic E-state index is 0.0831. The standard InChI is InChI=1S/C12H19N3O/c1-15(2)14-12(16)6-4-3-5-11-7-9-13-10-8-11/h7-10H,3-6H2,1-2H3,(H,14,16). The minimum absolute atomic E-state index is 0.0831. The van der Waals surface area contributed by atoms with Crippen molar-refractivity contribution in [1.82, 2.24) is 15.4 Å². The van der Waals surface area contributed by atoms with Crippen LogP contribution in [0.5, 0.6) is 0 Å². The predicted molar refractivity (Wildman–Crippen MR) is 63.6 cm³/mol. The number of aryl methyl sites for hydroxylation is 1. The lowest BCUT2D eigenvalue weighted by Crippen LogP contribution is -2.35. The number of nitrogens with zero attached hydrogens (tertiary/aromatic N) is 2. The van der Waals surface area contributed by atoms with E-state index in [1.165, 1.54) is 5.56 Å². The molecule has 0 saturated heterocycles. The van der Waals surface area contributed by atoms with E-state index < -0.39 is 0 Å². The fourth-order valence-electron chi connectivity index (χ4n) is 1.47. The van der Waals surface area contributed by atoms with Crippen molar-refractivity contribution in [2.75, 3.05) is 14.1 Å². The number of rotatable bonds is 6. The van der Waals surface area contributed by atoms with Crippen LogP contribution >= 0.6 is 0 Å². The molecule has 1 amide bonds. The lowest BCUT2D eigenvalue weighted by molar-refractivity contribution is -0.124. The van der Waals surface area contributed by atoms with Crippen molar-refractivity contribution < 1.29 is 4.79 Å². The molecule has 0 unspecified atom stereocenters. The van der Waals surface area contributed by atoms with Gasteiger partial charge in [0.25, 0.3) is 0 Å². The number of carbonyl (C=O) groups excluding carboxylic acids is 1. The second-order valence-corrected chi connectivity index (χ2v) is 3.99. The summed E-state index contributed by atoms with van der Waals surface area (Å²) in [7, 11) is 3.63. The van der Waals surface area contributed by atoms with Crippen LogP contribution in [0.15, 0.2) is 24.5 Å². The zero-order valence-corrected chi connectivity index (χ0v) is 9.94. The molecule has 1 rings (SSSR count). The molecule has 0 aliphatic carbocycles. The third-order valence-electron chi connectivity index (χ3n) is 2.22. The molecule has 0 atom stereocenters. The molecule has 0 spiro atoms. The summed E-state index contributed by atoms with van der Waals surface area (Å²) in [5.74, 6) is 0.0831. The summed E-state index contributed by atoms with van der Waals surface area (Å²) >= 11 is 0. The number of pyridine rings is 1. The van der Waals surface area contributed by atoms with Crippen molar-refractivity contribution in [2.24, 2.45) is 0 Å². The van der Waals surface area contributed by atoms with Gasteiger partial charge in [-0.25, -0.2) is 5.01 Å². The van der Waals surface area contributed by atoms with Crippen LogP contribution in [-0.4, -0.2) is 30.0 Å². The van der Waals surface area contributed by atoms with E-state index in [4.69, 9.17) is 0 Å². The van der Waals surface area contributed by atoms with Gasteiger partial charge in [0.2, 0.25) is 5.91 Å². The van der Waals surface area contributed by atoms with Gasteiger partial charge in [-0.1, -0.05) is 0 Å². The SMILES string of the molecule is CN(C)NC(=O)CCCCc1ccncc1. The Morgan fingerprint density at radius 3 is 2.62 bits per heavy atom. The summed E-state index contributed by atoms with van der Waals surface area (Å²) in [6, 6.07) is 4.03. The highest BCUT2D eigenvalue weighted by Crippen LogP contribution is 2.05. The first kappa shape index (κ1) is 12.6. The van der Waals surface area contributed by atoms with Crippen LogP contribution in [-0.2, 0) is 11.2 Å². The minimum Gasteiger partial charge on any atom is -0.289 e. The van der Waals surface area contributed by atoms with Gasteiger partial charge in [-0.3, -0.25) is 15.2 Å². The number of hydrogen-bond acceptors (Lipinski definition) is 3. The van der Waals surface area contributed by atoms with E-state index in [0.29, 0.717) is 6.42 Å². The van der Waals surface area contributed by atoms with Crippen LogP contribution < -0.4 is 5.43 Å². The van der Waals surface area contributed by atoms with Crippen LogP contribution in [0.3, 0.4) is 0 Å². The molecule has 4 heteroatoms. The third-order valence-corrected chi connectivity index (χ3v) is 2.22. The number of carbonyl (C=O) groups is 1. The maximum Gasteiger partial charge on any atom is 0.234 e. The first-order valence-electron chi connectivity index (χ1n) is 5.54. The number of unbranched alkanes of at least 4 members (excludes halogenated alkanes) is 1. The topological polar surface area (TPSA) is 45.2 Å². The third kappa shape index (κ3) is 5.46. The molecular weight excluding hydrogens is 202 g/mol. The number of aromatic nitrogens is 1. The molecule has 0 aromatic carbocycles. The Bertz CT molecular complexity index is 311. The van der Waals surface area contributed by atoms with Crippen molar-refractivity contribution in [3.05, 3.63) is 30.1 Å². The van der Waals surface area contributed by atoms with Gasteiger partial charge < -0.3 is 0 Å². The Hall–Kier alpha value is -1.42. The molecule has 1 aromatic heterocycles. The summed E-state index contributed by atoms with van der Waals surface area (Å²) < 4.78 is 0. The first-order chi connectivity index (χ1) is 7.68. The summed E-state index contributed by atoms with van der Waals surface area (Å²) in [4.78, 5) is 15.3. The maximum atomic E-state index is 11.3. The normalized spacial score (nSPS) is 10.4. The summed E-state index contributed by atoms with van der Waals surface area (Å²) in [6.07, 6.45) is 7.15. The fourth-order valence-corrected chi connectivity index (χ4v) is 1.47. The lowest BCUT2D eigenvalue weighted by atomic mass is 10.1. The number of hydrogen-bond donors (Lipinski definition) is 1. The van der Waals surface area contributed by atoms with E-state index >= 15 is 0 Å². The second kappa shape index (κ2) is 6.95. The molecule has 1 N–H and O–H groups in total. The van der Waals surface area contributed by atoms with E-state index in [-0.39, 0.29) is 5.91 Å². The van der Waals surface area contributed by atoms with Gasteiger partial charge in [-0.2, -0.15) is 0 Å². The van der Waals surface area contributed by atoms with Gasteiger partial charge in [0.05, 0.1) is 0 Å². The molecule has 1 aromatic rings. The average Bonchev–Trinajstić information content (AvgIpc) is 2.25. The number of amides is 1. The second-order valence-electron chi connectivity index (χ2n) is 3.99. The Kier molecular flexibility index (Phi) is 5.50. The van der Waals surface area contributed by atoms with Crippen molar-refractivity contribution >= 4 is 5.91 Å². The van der Waals surface area contributed by atoms with E-state index in [9.17, 15) is 4.79 Å². The largest absolute Gasteiger partial charge is 0.289 e.